The van der Waals surface area contributed by atoms with Crippen LogP contribution >= 0.6 is 0 Å². The van der Waals surface area contributed by atoms with Crippen molar-refractivity contribution >= 4 is 40.5 Å². The average Bonchev–Trinajstić information content (AvgIpc) is 3.06. The molecule has 0 aliphatic carbocycles. The van der Waals surface area contributed by atoms with Gasteiger partial charge in [0.25, 0.3) is 40.5 Å². The van der Waals surface area contributed by atoms with E-state index < -0.39 is 72.3 Å². The van der Waals surface area contributed by atoms with Gasteiger partial charge in [-0.25, -0.2) is 0 Å². The molecule has 0 spiro atoms. The molecule has 4 aromatic rings. The van der Waals surface area contributed by atoms with Crippen molar-refractivity contribution in [2.75, 3.05) is 26.4 Å². The zero-order chi connectivity index (χ0) is 41.3. The maximum atomic E-state index is 10.5. The fourth-order valence-electron chi connectivity index (χ4n) is 3.14. The van der Waals surface area contributed by atoms with Crippen molar-refractivity contribution in [1.29, 1.82) is 0 Å². The van der Waals surface area contributed by atoms with E-state index in [9.17, 15) is 33.7 Å². The van der Waals surface area contributed by atoms with Gasteiger partial charge < -0.3 is 20.4 Å². The van der Waals surface area contributed by atoms with E-state index in [1.165, 1.54) is 48.5 Å². The molecule has 0 aromatic heterocycles. The summed E-state index contributed by atoms with van der Waals surface area (Å²) >= 11 is 0. The maximum absolute atomic E-state index is 10.5. The van der Waals surface area contributed by atoms with Crippen LogP contribution in [-0.4, -0.2) is 98.7 Å². The van der Waals surface area contributed by atoms with Gasteiger partial charge in [-0.2, -0.15) is 33.7 Å². The molecule has 0 unspecified atom stereocenters. The molecule has 0 fully saturated rings. The molecule has 4 rings (SSSR count). The molecule has 296 valence electrons. The first kappa shape index (κ1) is 49.4. The van der Waals surface area contributed by atoms with Gasteiger partial charge in [0.2, 0.25) is 0 Å². The normalized spacial score (nSPS) is 11.5. The van der Waals surface area contributed by atoms with Gasteiger partial charge in [-0.15, -0.1) is 0 Å². The molecule has 0 bridgehead atoms. The Kier molecular flexibility index (Phi) is 20.4. The quantitative estimate of drug-likeness (QED) is 0.119. The number of benzene rings is 4. The van der Waals surface area contributed by atoms with Gasteiger partial charge in [0, 0.05) is 0 Å². The van der Waals surface area contributed by atoms with E-state index in [1.54, 1.807) is 48.5 Å². The Hall–Kier alpha value is -3.64. The summed E-state index contributed by atoms with van der Waals surface area (Å²) in [5, 5.41) is 34.0. The SMILES string of the molecule is Cc1ccc(S(=O)(=O)O)cc1.Cc1ccc(S(=O)(=O)O)cc1.Cc1ccc(S(=O)(=O)O)cc1.Cc1ccc(S(=O)(=O)O)cc1.OCC(CO)(CO)CO. The van der Waals surface area contributed by atoms with Crippen molar-refractivity contribution in [3.63, 3.8) is 0 Å². The van der Waals surface area contributed by atoms with Crippen LogP contribution in [-0.2, 0) is 40.5 Å². The van der Waals surface area contributed by atoms with Gasteiger partial charge in [0.1, 0.15) is 0 Å². The lowest BCUT2D eigenvalue weighted by atomic mass is 9.93. The highest BCUT2D eigenvalue weighted by Crippen LogP contribution is 2.13. The van der Waals surface area contributed by atoms with E-state index in [-0.39, 0.29) is 19.6 Å². The summed E-state index contributed by atoms with van der Waals surface area (Å²) in [6.07, 6.45) is 0. The van der Waals surface area contributed by atoms with Crippen molar-refractivity contribution in [3.05, 3.63) is 119 Å². The highest BCUT2D eigenvalue weighted by atomic mass is 32.2. The lowest BCUT2D eigenvalue weighted by molar-refractivity contribution is -0.0328. The zero-order valence-corrected chi connectivity index (χ0v) is 32.3. The number of hydrogen-bond acceptors (Lipinski definition) is 12. The molecule has 53 heavy (non-hydrogen) atoms. The van der Waals surface area contributed by atoms with Crippen LogP contribution in [0.1, 0.15) is 22.3 Å². The number of rotatable bonds is 8. The Morgan fingerprint density at radius 2 is 0.472 bits per heavy atom. The molecule has 0 aliphatic heterocycles. The van der Waals surface area contributed by atoms with Gasteiger partial charge in [-0.3, -0.25) is 18.2 Å². The second-order valence-corrected chi connectivity index (χ2v) is 17.0. The largest absolute Gasteiger partial charge is 0.396 e. The summed E-state index contributed by atoms with van der Waals surface area (Å²) < 4.78 is 118. The third-order valence-corrected chi connectivity index (χ3v) is 10.1. The summed E-state index contributed by atoms with van der Waals surface area (Å²) in [4.78, 5) is -0.266. The molecule has 0 saturated heterocycles. The first-order valence-electron chi connectivity index (χ1n) is 14.8. The fourth-order valence-corrected chi connectivity index (χ4v) is 5.06. The Morgan fingerprint density at radius 1 is 0.340 bits per heavy atom. The van der Waals surface area contributed by atoms with Crippen LogP contribution in [0.5, 0.6) is 0 Å². The summed E-state index contributed by atoms with van der Waals surface area (Å²) in [5.74, 6) is 0. The van der Waals surface area contributed by atoms with E-state index in [0.717, 1.165) is 22.3 Å². The molecular formula is C33H44O16S4. The standard InChI is InChI=1S/4C7H8O3S.C5H12O4/c4*1-6-2-4-7(5-3-6)11(8,9)10;6-1-5(2-7,3-8)4-9/h4*2-5H,1H3,(H,8,9,10);6-9H,1-4H2. The van der Waals surface area contributed by atoms with E-state index in [0.29, 0.717) is 0 Å². The van der Waals surface area contributed by atoms with Crippen LogP contribution in [0.4, 0.5) is 0 Å². The van der Waals surface area contributed by atoms with Gasteiger partial charge in [0.15, 0.2) is 0 Å². The lowest BCUT2D eigenvalue weighted by Crippen LogP contribution is -2.37. The van der Waals surface area contributed by atoms with Crippen molar-refractivity contribution in [2.45, 2.75) is 47.3 Å². The second kappa shape index (κ2) is 21.9. The van der Waals surface area contributed by atoms with Crippen molar-refractivity contribution in [3.8, 4) is 0 Å². The third kappa shape index (κ3) is 19.9. The lowest BCUT2D eigenvalue weighted by Gasteiger charge is -2.23. The van der Waals surface area contributed by atoms with E-state index >= 15 is 0 Å². The molecule has 0 radical (unpaired) electrons. The van der Waals surface area contributed by atoms with Crippen LogP contribution in [0, 0.1) is 33.1 Å². The Morgan fingerprint density at radius 3 is 0.547 bits per heavy atom. The van der Waals surface area contributed by atoms with E-state index in [4.69, 9.17) is 38.6 Å². The minimum atomic E-state index is -4.02. The maximum Gasteiger partial charge on any atom is 0.294 e. The fraction of sp³-hybridized carbons (Fsp3) is 0.273. The molecule has 16 nitrogen and oxygen atoms in total. The molecular weight excluding hydrogens is 781 g/mol. The monoisotopic (exact) mass is 824 g/mol. The summed E-state index contributed by atoms with van der Waals surface area (Å²) in [7, 11) is -16.1. The van der Waals surface area contributed by atoms with Crippen molar-refractivity contribution in [2.24, 2.45) is 5.41 Å². The molecule has 0 atom stereocenters. The molecule has 8 N–H and O–H groups in total. The van der Waals surface area contributed by atoms with Crippen LogP contribution in [0.2, 0.25) is 0 Å². The predicted octanol–water partition coefficient (Wildman–Crippen LogP) is 2.91. The molecule has 20 heteroatoms. The van der Waals surface area contributed by atoms with Crippen molar-refractivity contribution in [1.82, 2.24) is 0 Å². The van der Waals surface area contributed by atoms with Crippen molar-refractivity contribution < 1.29 is 72.3 Å². The van der Waals surface area contributed by atoms with Crippen LogP contribution in [0.25, 0.3) is 0 Å². The summed E-state index contributed by atoms with van der Waals surface area (Å²) in [6.45, 7) is 5.74. The number of aliphatic hydroxyl groups is 4. The number of hydrogen-bond donors (Lipinski definition) is 8. The first-order chi connectivity index (χ1) is 24.2. The molecule has 4 aromatic carbocycles. The van der Waals surface area contributed by atoms with Crippen LogP contribution in [0.15, 0.2) is 117 Å². The highest BCUT2D eigenvalue weighted by molar-refractivity contribution is 7.86. The third-order valence-electron chi connectivity index (χ3n) is 6.62. The number of aryl methyl sites for hydroxylation is 4. The van der Waals surface area contributed by atoms with Gasteiger partial charge in [-0.1, -0.05) is 70.8 Å². The Bertz CT molecular complexity index is 1800. The second-order valence-electron chi connectivity index (χ2n) is 11.3. The Labute approximate surface area is 310 Å². The topological polar surface area (TPSA) is 298 Å². The number of aliphatic hydroxyl groups excluding tert-OH is 4. The van der Waals surface area contributed by atoms with Crippen LogP contribution in [0.3, 0.4) is 0 Å². The minimum absolute atomic E-state index is 0.0666. The highest BCUT2D eigenvalue weighted by Gasteiger charge is 2.26. The predicted molar refractivity (Wildman–Crippen MR) is 195 cm³/mol. The van der Waals surface area contributed by atoms with Gasteiger partial charge in [0.05, 0.1) is 51.4 Å². The minimum Gasteiger partial charge on any atom is -0.396 e. The molecule has 0 aliphatic rings. The van der Waals surface area contributed by atoms with Gasteiger partial charge in [-0.05, 0) is 76.2 Å². The zero-order valence-electron chi connectivity index (χ0n) is 29.0. The van der Waals surface area contributed by atoms with Gasteiger partial charge >= 0.3 is 0 Å². The van der Waals surface area contributed by atoms with E-state index in [1.807, 2.05) is 27.7 Å². The first-order valence-corrected chi connectivity index (χ1v) is 20.6. The molecule has 0 amide bonds. The average molecular weight is 825 g/mol. The van der Waals surface area contributed by atoms with E-state index in [2.05, 4.69) is 0 Å². The molecule has 0 heterocycles. The Balaban J connectivity index is 0.000000639. The summed E-state index contributed by atoms with van der Waals surface area (Å²) in [6, 6.07) is 24.0. The van der Waals surface area contributed by atoms with Crippen LogP contribution < -0.4 is 0 Å². The smallest absolute Gasteiger partial charge is 0.294 e. The molecule has 0 saturated carbocycles. The summed E-state index contributed by atoms with van der Waals surface area (Å²) in [5.41, 5.74) is 2.71.